The van der Waals surface area contributed by atoms with Gasteiger partial charge in [0.25, 0.3) is 5.91 Å². The molecule has 2 fully saturated rings. The second-order valence-corrected chi connectivity index (χ2v) is 9.35. The summed E-state index contributed by atoms with van der Waals surface area (Å²) in [6, 6.07) is 14.1. The number of rotatable bonds is 6. The Morgan fingerprint density at radius 1 is 1.06 bits per heavy atom. The molecule has 0 aliphatic heterocycles. The van der Waals surface area contributed by atoms with Crippen molar-refractivity contribution in [3.8, 4) is 11.3 Å². The van der Waals surface area contributed by atoms with Gasteiger partial charge in [0.15, 0.2) is 0 Å². The number of ether oxygens (including phenoxy) is 1. The quantitative estimate of drug-likeness (QED) is 0.468. The van der Waals surface area contributed by atoms with E-state index in [0.717, 1.165) is 47.8 Å². The minimum atomic E-state index is -0.474. The van der Waals surface area contributed by atoms with Gasteiger partial charge in [0.2, 0.25) is 0 Å². The molecule has 4 N–H and O–H groups in total. The monoisotopic (exact) mass is 446 g/mol. The molecular weight excluding hydrogens is 416 g/mol. The van der Waals surface area contributed by atoms with Crippen molar-refractivity contribution in [1.29, 1.82) is 0 Å². The van der Waals surface area contributed by atoms with Gasteiger partial charge >= 0.3 is 6.09 Å². The summed E-state index contributed by atoms with van der Waals surface area (Å²) < 4.78 is 7.46. The van der Waals surface area contributed by atoms with Gasteiger partial charge in [-0.15, -0.1) is 0 Å². The summed E-state index contributed by atoms with van der Waals surface area (Å²) in [4.78, 5) is 24.6. The summed E-state index contributed by atoms with van der Waals surface area (Å²) in [5.41, 5.74) is 11.6. The number of nitrogen functional groups attached to an aromatic ring is 1. The minimum Gasteiger partial charge on any atom is -0.447 e. The van der Waals surface area contributed by atoms with E-state index in [0.29, 0.717) is 29.0 Å². The van der Waals surface area contributed by atoms with Gasteiger partial charge in [-0.05, 0) is 76.3 Å². The number of nitrogens with zero attached hydrogens (tertiary/aromatic N) is 1. The zero-order valence-corrected chi connectivity index (χ0v) is 19.1. The SMILES string of the molecule is CC(C)OC(=O)Nc1ccc(-c2c(N)c3ccc(C(=O)NC4CC4)cc3n2C2CCC2)cc1. The third-order valence-corrected chi connectivity index (χ3v) is 6.41. The summed E-state index contributed by atoms with van der Waals surface area (Å²) in [5, 5.41) is 6.78. The van der Waals surface area contributed by atoms with Crippen molar-refractivity contribution in [2.24, 2.45) is 0 Å². The highest BCUT2D eigenvalue weighted by molar-refractivity contribution is 6.05. The first-order valence-corrected chi connectivity index (χ1v) is 11.7. The normalized spacial score (nSPS) is 16.0. The fourth-order valence-electron chi connectivity index (χ4n) is 4.37. The molecule has 2 aliphatic carbocycles. The zero-order chi connectivity index (χ0) is 23.1. The number of benzene rings is 2. The topological polar surface area (TPSA) is 98.4 Å². The van der Waals surface area contributed by atoms with Crippen LogP contribution in [0.4, 0.5) is 16.2 Å². The summed E-state index contributed by atoms with van der Waals surface area (Å²) in [5.74, 6) is -0.0235. The van der Waals surface area contributed by atoms with Gasteiger partial charge < -0.3 is 20.4 Å². The van der Waals surface area contributed by atoms with E-state index in [1.54, 1.807) is 0 Å². The number of amides is 2. The summed E-state index contributed by atoms with van der Waals surface area (Å²) in [7, 11) is 0. The lowest BCUT2D eigenvalue weighted by molar-refractivity contribution is 0.0951. The molecule has 33 heavy (non-hydrogen) atoms. The molecule has 1 aromatic heterocycles. The highest BCUT2D eigenvalue weighted by Gasteiger charge is 2.28. The van der Waals surface area contributed by atoms with E-state index in [-0.39, 0.29) is 12.0 Å². The Bertz CT molecular complexity index is 1200. The second kappa shape index (κ2) is 8.46. The fourth-order valence-corrected chi connectivity index (χ4v) is 4.37. The first kappa shape index (κ1) is 21.4. The molecular formula is C26H30N4O3. The Morgan fingerprint density at radius 3 is 2.39 bits per heavy atom. The molecule has 5 rings (SSSR count). The van der Waals surface area contributed by atoms with Crippen LogP contribution in [0.2, 0.25) is 0 Å². The van der Waals surface area contributed by atoms with Crippen LogP contribution in [0.5, 0.6) is 0 Å². The Labute approximate surface area is 193 Å². The zero-order valence-electron chi connectivity index (χ0n) is 19.1. The largest absolute Gasteiger partial charge is 0.447 e. The Balaban J connectivity index is 1.51. The number of anilines is 2. The van der Waals surface area contributed by atoms with E-state index < -0.39 is 6.09 Å². The van der Waals surface area contributed by atoms with Gasteiger partial charge in [0.05, 0.1) is 23.0 Å². The van der Waals surface area contributed by atoms with Crippen molar-refractivity contribution in [3.63, 3.8) is 0 Å². The molecule has 3 aromatic rings. The number of hydrogen-bond acceptors (Lipinski definition) is 4. The van der Waals surface area contributed by atoms with Gasteiger partial charge in [0, 0.05) is 34.3 Å². The lowest BCUT2D eigenvalue weighted by Gasteiger charge is -2.30. The summed E-state index contributed by atoms with van der Waals surface area (Å²) >= 11 is 0. The number of hydrogen-bond donors (Lipinski definition) is 3. The van der Waals surface area contributed by atoms with Crippen molar-refractivity contribution in [1.82, 2.24) is 9.88 Å². The van der Waals surface area contributed by atoms with E-state index in [1.807, 2.05) is 56.3 Å². The molecule has 1 heterocycles. The number of nitrogens with one attached hydrogen (secondary N) is 2. The van der Waals surface area contributed by atoms with Gasteiger partial charge in [-0.3, -0.25) is 10.1 Å². The van der Waals surface area contributed by atoms with Crippen molar-refractivity contribution in [2.75, 3.05) is 11.1 Å². The molecule has 0 saturated heterocycles. The van der Waals surface area contributed by atoms with Crippen LogP contribution < -0.4 is 16.4 Å². The summed E-state index contributed by atoms with van der Waals surface area (Å²) in [6.07, 6.45) is 4.83. The number of carbonyl (C=O) groups is 2. The van der Waals surface area contributed by atoms with Crippen LogP contribution in [0.1, 0.15) is 62.4 Å². The van der Waals surface area contributed by atoms with E-state index in [9.17, 15) is 9.59 Å². The molecule has 172 valence electrons. The maximum Gasteiger partial charge on any atom is 0.411 e. The number of nitrogens with two attached hydrogens (primary N) is 1. The maximum absolute atomic E-state index is 12.7. The lowest BCUT2D eigenvalue weighted by atomic mass is 9.92. The van der Waals surface area contributed by atoms with Crippen LogP contribution in [0.15, 0.2) is 42.5 Å². The Hall–Kier alpha value is -3.48. The van der Waals surface area contributed by atoms with E-state index in [1.165, 1.54) is 6.42 Å². The fraction of sp³-hybridized carbons (Fsp3) is 0.385. The minimum absolute atomic E-state index is 0.0235. The number of fused-ring (bicyclic) bond motifs is 1. The second-order valence-electron chi connectivity index (χ2n) is 9.35. The Morgan fingerprint density at radius 2 is 1.79 bits per heavy atom. The van der Waals surface area contributed by atoms with Crippen molar-refractivity contribution in [2.45, 2.75) is 64.1 Å². The maximum atomic E-state index is 12.7. The number of aromatic nitrogens is 1. The van der Waals surface area contributed by atoms with E-state index in [4.69, 9.17) is 10.5 Å². The average Bonchev–Trinajstić information content (AvgIpc) is 3.51. The van der Waals surface area contributed by atoms with Crippen LogP contribution in [0.25, 0.3) is 22.2 Å². The highest BCUT2D eigenvalue weighted by Crippen LogP contribution is 2.44. The van der Waals surface area contributed by atoms with Crippen molar-refractivity contribution in [3.05, 3.63) is 48.0 Å². The lowest BCUT2D eigenvalue weighted by Crippen LogP contribution is -2.25. The highest BCUT2D eigenvalue weighted by atomic mass is 16.6. The van der Waals surface area contributed by atoms with Gasteiger partial charge in [-0.25, -0.2) is 4.79 Å². The van der Waals surface area contributed by atoms with Gasteiger partial charge in [-0.2, -0.15) is 0 Å². The predicted molar refractivity (Wildman–Crippen MR) is 130 cm³/mol. The third-order valence-electron chi connectivity index (χ3n) is 6.41. The van der Waals surface area contributed by atoms with E-state index >= 15 is 0 Å². The van der Waals surface area contributed by atoms with Gasteiger partial charge in [-0.1, -0.05) is 12.1 Å². The van der Waals surface area contributed by atoms with Crippen LogP contribution in [0, 0.1) is 0 Å². The average molecular weight is 447 g/mol. The molecule has 0 atom stereocenters. The smallest absolute Gasteiger partial charge is 0.411 e. The third kappa shape index (κ3) is 4.27. The first-order valence-electron chi connectivity index (χ1n) is 11.7. The Kier molecular flexibility index (Phi) is 5.48. The molecule has 0 bridgehead atoms. The first-order chi connectivity index (χ1) is 15.9. The van der Waals surface area contributed by atoms with Crippen molar-refractivity contribution >= 4 is 34.3 Å². The molecule has 2 saturated carbocycles. The molecule has 2 aromatic carbocycles. The number of carbonyl (C=O) groups excluding carboxylic acids is 2. The molecule has 2 amide bonds. The predicted octanol–water partition coefficient (Wildman–Crippen LogP) is 5.46. The standard InChI is InChI=1S/C26H30N4O3/c1-15(2)33-26(32)29-19-9-6-16(7-10-19)24-23(27)21-13-8-17(25(31)28-18-11-12-18)14-22(21)30(24)20-4-3-5-20/h6-10,13-15,18,20H,3-5,11-12,27H2,1-2H3,(H,28,31)(H,29,32). The van der Waals surface area contributed by atoms with Crippen LogP contribution in [0.3, 0.4) is 0 Å². The summed E-state index contributed by atoms with van der Waals surface area (Å²) in [6.45, 7) is 3.62. The molecule has 7 heteroatoms. The van der Waals surface area contributed by atoms with Crippen LogP contribution in [-0.4, -0.2) is 28.7 Å². The van der Waals surface area contributed by atoms with E-state index in [2.05, 4.69) is 15.2 Å². The molecule has 0 radical (unpaired) electrons. The van der Waals surface area contributed by atoms with Crippen LogP contribution in [-0.2, 0) is 4.74 Å². The molecule has 0 unspecified atom stereocenters. The molecule has 2 aliphatic rings. The van der Waals surface area contributed by atoms with Crippen LogP contribution >= 0.6 is 0 Å². The molecule has 7 nitrogen and oxygen atoms in total. The molecule has 0 spiro atoms. The van der Waals surface area contributed by atoms with Gasteiger partial charge in [0.1, 0.15) is 0 Å². The van der Waals surface area contributed by atoms with Crippen molar-refractivity contribution < 1.29 is 14.3 Å².